The van der Waals surface area contributed by atoms with Crippen molar-refractivity contribution >= 4 is 5.97 Å². The van der Waals surface area contributed by atoms with Crippen LogP contribution in [0.15, 0.2) is 84.9 Å². The SMILES string of the molecule is NC(c1ccccc1)c1ccccc1.O=C(O)c1ccccc1O. The summed E-state index contributed by atoms with van der Waals surface area (Å²) in [6, 6.07) is 26.1. The Morgan fingerprint density at radius 1 is 0.750 bits per heavy atom. The molecule has 3 aromatic carbocycles. The molecule has 4 N–H and O–H groups in total. The van der Waals surface area contributed by atoms with Gasteiger partial charge >= 0.3 is 5.97 Å². The van der Waals surface area contributed by atoms with Gasteiger partial charge in [0.15, 0.2) is 0 Å². The number of carboxylic acids is 1. The molecular weight excluding hydrogens is 302 g/mol. The van der Waals surface area contributed by atoms with Crippen LogP contribution in [-0.2, 0) is 0 Å². The normalized spacial score (nSPS) is 9.92. The predicted octanol–water partition coefficient (Wildman–Crippen LogP) is 3.83. The molecule has 0 aromatic heterocycles. The first kappa shape index (κ1) is 17.2. The molecule has 0 fully saturated rings. The molecule has 0 saturated heterocycles. The van der Waals surface area contributed by atoms with Crippen LogP contribution in [-0.4, -0.2) is 16.2 Å². The van der Waals surface area contributed by atoms with Gasteiger partial charge in [-0.3, -0.25) is 0 Å². The zero-order chi connectivity index (χ0) is 17.4. The molecule has 4 heteroatoms. The van der Waals surface area contributed by atoms with Crippen molar-refractivity contribution in [3.63, 3.8) is 0 Å². The number of phenols is 1. The minimum atomic E-state index is -1.11. The fraction of sp³-hybridized carbons (Fsp3) is 0.0500. The summed E-state index contributed by atoms with van der Waals surface area (Å²) in [5.74, 6) is -1.31. The summed E-state index contributed by atoms with van der Waals surface area (Å²) in [5, 5.41) is 17.3. The number of aromatic carboxylic acids is 1. The van der Waals surface area contributed by atoms with E-state index in [2.05, 4.69) is 24.3 Å². The molecule has 0 heterocycles. The number of hydrogen-bond acceptors (Lipinski definition) is 3. The first-order valence-electron chi connectivity index (χ1n) is 7.46. The number of carboxylic acid groups (broad SMARTS) is 1. The van der Waals surface area contributed by atoms with Gasteiger partial charge in [-0.05, 0) is 23.3 Å². The van der Waals surface area contributed by atoms with E-state index in [1.165, 1.54) is 12.1 Å². The zero-order valence-electron chi connectivity index (χ0n) is 13.0. The standard InChI is InChI=1S/C13H13N.C7H6O3/c14-13(11-7-3-1-4-8-11)12-9-5-2-6-10-12;8-6-4-2-1-3-5(6)7(9)10/h1-10,13H,14H2;1-4,8H,(H,9,10). The minimum absolute atomic E-state index is 0.0163. The van der Waals surface area contributed by atoms with Crippen molar-refractivity contribution in [2.75, 3.05) is 0 Å². The highest BCUT2D eigenvalue weighted by molar-refractivity contribution is 5.90. The summed E-state index contributed by atoms with van der Waals surface area (Å²) in [5.41, 5.74) is 8.35. The van der Waals surface area contributed by atoms with Crippen molar-refractivity contribution in [2.45, 2.75) is 6.04 Å². The Bertz CT molecular complexity index is 734. The number of carbonyl (C=O) groups is 1. The summed E-state index contributed by atoms with van der Waals surface area (Å²) in [6.07, 6.45) is 0. The average Bonchev–Trinajstić information content (AvgIpc) is 2.63. The molecular formula is C20H19NO3. The van der Waals surface area contributed by atoms with E-state index in [1.807, 2.05) is 36.4 Å². The number of rotatable bonds is 3. The van der Waals surface area contributed by atoms with Crippen molar-refractivity contribution in [2.24, 2.45) is 5.73 Å². The van der Waals surface area contributed by atoms with Gasteiger partial charge in [0.2, 0.25) is 0 Å². The van der Waals surface area contributed by atoms with E-state index in [-0.39, 0.29) is 17.4 Å². The number of hydrogen-bond donors (Lipinski definition) is 3. The minimum Gasteiger partial charge on any atom is -0.507 e. The smallest absolute Gasteiger partial charge is 0.339 e. The molecule has 0 saturated carbocycles. The second kappa shape index (κ2) is 8.50. The third-order valence-corrected chi connectivity index (χ3v) is 3.45. The van der Waals surface area contributed by atoms with Crippen LogP contribution in [0.25, 0.3) is 0 Å². The van der Waals surface area contributed by atoms with E-state index >= 15 is 0 Å². The molecule has 0 aliphatic heterocycles. The van der Waals surface area contributed by atoms with Gasteiger partial charge in [0.05, 0.1) is 6.04 Å². The molecule has 122 valence electrons. The largest absolute Gasteiger partial charge is 0.507 e. The summed E-state index contributed by atoms with van der Waals surface area (Å²) in [7, 11) is 0. The van der Waals surface area contributed by atoms with Crippen molar-refractivity contribution < 1.29 is 15.0 Å². The maximum atomic E-state index is 10.3. The van der Waals surface area contributed by atoms with Gasteiger partial charge in [0.1, 0.15) is 11.3 Å². The summed E-state index contributed by atoms with van der Waals surface area (Å²) in [4.78, 5) is 10.3. The van der Waals surface area contributed by atoms with E-state index in [9.17, 15) is 4.79 Å². The van der Waals surface area contributed by atoms with Crippen molar-refractivity contribution in [3.05, 3.63) is 102 Å². The monoisotopic (exact) mass is 321 g/mol. The number of nitrogens with two attached hydrogens (primary N) is 1. The topological polar surface area (TPSA) is 83.6 Å². The lowest BCUT2D eigenvalue weighted by Gasteiger charge is -2.11. The average molecular weight is 321 g/mol. The van der Waals surface area contributed by atoms with Gasteiger partial charge in [-0.1, -0.05) is 72.8 Å². The van der Waals surface area contributed by atoms with E-state index < -0.39 is 5.97 Å². The molecule has 0 aliphatic rings. The van der Waals surface area contributed by atoms with Crippen LogP contribution in [0.2, 0.25) is 0 Å². The number of aromatic hydroxyl groups is 1. The Morgan fingerprint density at radius 3 is 1.54 bits per heavy atom. The summed E-state index contributed by atoms with van der Waals surface area (Å²) in [6.45, 7) is 0. The second-order valence-electron chi connectivity index (χ2n) is 5.12. The Hall–Kier alpha value is -3.11. The van der Waals surface area contributed by atoms with Crippen LogP contribution in [0.3, 0.4) is 0 Å². The maximum absolute atomic E-state index is 10.3. The summed E-state index contributed by atoms with van der Waals surface area (Å²) >= 11 is 0. The van der Waals surface area contributed by atoms with Gasteiger partial charge < -0.3 is 15.9 Å². The molecule has 0 spiro atoms. The van der Waals surface area contributed by atoms with Crippen LogP contribution in [0.4, 0.5) is 0 Å². The molecule has 24 heavy (non-hydrogen) atoms. The fourth-order valence-electron chi connectivity index (χ4n) is 2.17. The number of benzene rings is 3. The highest BCUT2D eigenvalue weighted by Gasteiger charge is 2.06. The molecule has 0 radical (unpaired) electrons. The molecule has 0 atom stereocenters. The lowest BCUT2D eigenvalue weighted by atomic mass is 10.00. The number of para-hydroxylation sites is 1. The molecule has 0 unspecified atom stereocenters. The van der Waals surface area contributed by atoms with Crippen molar-refractivity contribution in [3.8, 4) is 5.75 Å². The highest BCUT2D eigenvalue weighted by Crippen LogP contribution is 2.18. The first-order chi connectivity index (χ1) is 11.6. The molecule has 3 aromatic rings. The quantitative estimate of drug-likeness (QED) is 0.684. The van der Waals surface area contributed by atoms with E-state index in [1.54, 1.807) is 12.1 Å². The first-order valence-corrected chi connectivity index (χ1v) is 7.46. The lowest BCUT2D eigenvalue weighted by Crippen LogP contribution is -2.11. The van der Waals surface area contributed by atoms with E-state index in [0.717, 1.165) is 11.1 Å². The maximum Gasteiger partial charge on any atom is 0.339 e. The molecule has 0 bridgehead atoms. The van der Waals surface area contributed by atoms with Crippen LogP contribution in [0.1, 0.15) is 27.5 Å². The van der Waals surface area contributed by atoms with Gasteiger partial charge in [-0.15, -0.1) is 0 Å². The predicted molar refractivity (Wildman–Crippen MR) is 94.0 cm³/mol. The molecule has 4 nitrogen and oxygen atoms in total. The lowest BCUT2D eigenvalue weighted by molar-refractivity contribution is 0.0693. The van der Waals surface area contributed by atoms with E-state index in [4.69, 9.17) is 15.9 Å². The zero-order valence-corrected chi connectivity index (χ0v) is 13.0. The van der Waals surface area contributed by atoms with E-state index in [0.29, 0.717) is 0 Å². The fourth-order valence-corrected chi connectivity index (χ4v) is 2.17. The molecule has 0 aliphatic carbocycles. The molecule has 3 rings (SSSR count). The van der Waals surface area contributed by atoms with Crippen LogP contribution in [0, 0.1) is 0 Å². The second-order valence-corrected chi connectivity index (χ2v) is 5.12. The Morgan fingerprint density at radius 2 is 1.17 bits per heavy atom. The van der Waals surface area contributed by atoms with Gasteiger partial charge in [0.25, 0.3) is 0 Å². The van der Waals surface area contributed by atoms with Crippen molar-refractivity contribution in [1.29, 1.82) is 0 Å². The molecule has 0 amide bonds. The summed E-state index contributed by atoms with van der Waals surface area (Å²) < 4.78 is 0. The Kier molecular flexibility index (Phi) is 6.11. The highest BCUT2D eigenvalue weighted by atomic mass is 16.4. The van der Waals surface area contributed by atoms with Crippen molar-refractivity contribution in [1.82, 2.24) is 0 Å². The third kappa shape index (κ3) is 4.69. The van der Waals surface area contributed by atoms with Gasteiger partial charge in [-0.25, -0.2) is 4.79 Å². The Labute approximate surface area is 140 Å². The van der Waals surface area contributed by atoms with Gasteiger partial charge in [0, 0.05) is 0 Å². The van der Waals surface area contributed by atoms with Crippen LogP contribution in [0.5, 0.6) is 5.75 Å². The third-order valence-electron chi connectivity index (χ3n) is 3.45. The van der Waals surface area contributed by atoms with Crippen LogP contribution >= 0.6 is 0 Å². The Balaban J connectivity index is 0.000000185. The van der Waals surface area contributed by atoms with Gasteiger partial charge in [-0.2, -0.15) is 0 Å². The van der Waals surface area contributed by atoms with Crippen LogP contribution < -0.4 is 5.73 Å².